The third-order valence-electron chi connectivity index (χ3n) is 4.40. The third-order valence-corrected chi connectivity index (χ3v) is 4.40. The average molecular weight is 254 g/mol. The molecular formula is C13H22N2O3. The Kier molecular flexibility index (Phi) is 3.90. The predicted molar refractivity (Wildman–Crippen MR) is 67.0 cm³/mol. The van der Waals surface area contributed by atoms with Crippen LogP contribution in [0.25, 0.3) is 0 Å². The SMILES string of the molecule is CC(C(=O)O)C(C)C(=O)NC1CC2CNC(C2)C1. The fraction of sp³-hybridized carbons (Fsp3) is 0.846. The molecule has 2 aliphatic rings. The standard InChI is InChI=1S/C13H22N2O3/c1-7(8(2)13(17)18)12(16)15-11-4-9-3-10(5-11)14-6-9/h7-11,14H,3-6H2,1-2H3,(H,15,16)(H,17,18). The number of amides is 1. The first-order valence-electron chi connectivity index (χ1n) is 6.74. The van der Waals surface area contributed by atoms with Crippen LogP contribution in [0.2, 0.25) is 0 Å². The van der Waals surface area contributed by atoms with E-state index in [1.165, 1.54) is 6.42 Å². The molecule has 5 unspecified atom stereocenters. The lowest BCUT2D eigenvalue weighted by Crippen LogP contribution is -2.45. The van der Waals surface area contributed by atoms with Crippen LogP contribution < -0.4 is 10.6 Å². The monoisotopic (exact) mass is 254 g/mol. The number of carboxylic acids is 1. The molecule has 0 spiro atoms. The molecule has 0 radical (unpaired) electrons. The van der Waals surface area contributed by atoms with Crippen LogP contribution in [0.1, 0.15) is 33.1 Å². The van der Waals surface area contributed by atoms with E-state index in [0.717, 1.165) is 19.4 Å². The molecule has 3 N–H and O–H groups in total. The second-order valence-corrected chi connectivity index (χ2v) is 5.80. The molecule has 102 valence electrons. The number of hydrogen-bond donors (Lipinski definition) is 3. The van der Waals surface area contributed by atoms with Gasteiger partial charge in [-0.1, -0.05) is 13.8 Å². The van der Waals surface area contributed by atoms with Crippen LogP contribution in [0.3, 0.4) is 0 Å². The van der Waals surface area contributed by atoms with E-state index in [0.29, 0.717) is 12.0 Å². The molecule has 1 amide bonds. The lowest BCUT2D eigenvalue weighted by Gasteiger charge is -2.29. The Labute approximate surface area is 107 Å². The van der Waals surface area contributed by atoms with Gasteiger partial charge in [0, 0.05) is 18.0 Å². The number of fused-ring (bicyclic) bond motifs is 2. The van der Waals surface area contributed by atoms with Crippen molar-refractivity contribution in [2.75, 3.05) is 6.54 Å². The van der Waals surface area contributed by atoms with Crippen LogP contribution in [0.5, 0.6) is 0 Å². The van der Waals surface area contributed by atoms with Crippen molar-refractivity contribution in [3.63, 3.8) is 0 Å². The molecule has 1 heterocycles. The van der Waals surface area contributed by atoms with Crippen LogP contribution in [0, 0.1) is 17.8 Å². The van der Waals surface area contributed by atoms with Gasteiger partial charge in [0.15, 0.2) is 0 Å². The zero-order valence-corrected chi connectivity index (χ0v) is 11.0. The molecule has 1 saturated heterocycles. The highest BCUT2D eigenvalue weighted by Crippen LogP contribution is 2.29. The summed E-state index contributed by atoms with van der Waals surface area (Å²) in [7, 11) is 0. The molecule has 18 heavy (non-hydrogen) atoms. The van der Waals surface area contributed by atoms with E-state index in [9.17, 15) is 9.59 Å². The maximum atomic E-state index is 12.0. The highest BCUT2D eigenvalue weighted by molar-refractivity contribution is 5.84. The summed E-state index contributed by atoms with van der Waals surface area (Å²) in [6, 6.07) is 0.737. The lowest BCUT2D eigenvalue weighted by molar-refractivity contribution is -0.146. The fourth-order valence-corrected chi connectivity index (χ4v) is 2.99. The van der Waals surface area contributed by atoms with Crippen LogP contribution in [-0.2, 0) is 9.59 Å². The number of carboxylic acid groups (broad SMARTS) is 1. The zero-order chi connectivity index (χ0) is 13.3. The summed E-state index contributed by atoms with van der Waals surface area (Å²) >= 11 is 0. The van der Waals surface area contributed by atoms with Gasteiger partial charge in [0.2, 0.25) is 5.91 Å². The number of rotatable bonds is 4. The number of nitrogens with one attached hydrogen (secondary N) is 2. The van der Waals surface area contributed by atoms with E-state index in [1.54, 1.807) is 13.8 Å². The Bertz CT molecular complexity index is 333. The molecular weight excluding hydrogens is 232 g/mol. The maximum Gasteiger partial charge on any atom is 0.307 e. The minimum atomic E-state index is -0.914. The summed E-state index contributed by atoms with van der Waals surface area (Å²) in [5.41, 5.74) is 0. The van der Waals surface area contributed by atoms with E-state index in [4.69, 9.17) is 5.11 Å². The summed E-state index contributed by atoms with van der Waals surface area (Å²) in [6.45, 7) is 4.32. The highest BCUT2D eigenvalue weighted by Gasteiger charge is 2.35. The normalized spacial score (nSPS) is 33.8. The van der Waals surface area contributed by atoms with Crippen molar-refractivity contribution < 1.29 is 14.7 Å². The van der Waals surface area contributed by atoms with Gasteiger partial charge in [0.05, 0.1) is 5.92 Å². The largest absolute Gasteiger partial charge is 0.481 e. The van der Waals surface area contributed by atoms with Crippen LogP contribution in [0.4, 0.5) is 0 Å². The molecule has 1 saturated carbocycles. The minimum Gasteiger partial charge on any atom is -0.481 e. The van der Waals surface area contributed by atoms with Crippen molar-refractivity contribution in [3.8, 4) is 0 Å². The summed E-state index contributed by atoms with van der Waals surface area (Å²) in [5, 5.41) is 15.4. The smallest absolute Gasteiger partial charge is 0.307 e. The van der Waals surface area contributed by atoms with E-state index < -0.39 is 17.8 Å². The molecule has 0 aromatic carbocycles. The molecule has 0 aromatic heterocycles. The van der Waals surface area contributed by atoms with Gasteiger partial charge in [-0.3, -0.25) is 9.59 Å². The predicted octanol–water partition coefficient (Wildman–Crippen LogP) is 0.600. The van der Waals surface area contributed by atoms with Crippen molar-refractivity contribution in [2.45, 2.75) is 45.2 Å². The average Bonchev–Trinajstić information content (AvgIpc) is 2.66. The molecule has 5 atom stereocenters. The van der Waals surface area contributed by atoms with Gasteiger partial charge in [-0.25, -0.2) is 0 Å². The van der Waals surface area contributed by atoms with Crippen LogP contribution in [0.15, 0.2) is 0 Å². The van der Waals surface area contributed by atoms with Gasteiger partial charge < -0.3 is 15.7 Å². The Balaban J connectivity index is 1.85. The first kappa shape index (κ1) is 13.3. The van der Waals surface area contributed by atoms with Crippen molar-refractivity contribution in [1.82, 2.24) is 10.6 Å². The number of carbonyl (C=O) groups is 2. The van der Waals surface area contributed by atoms with Gasteiger partial charge >= 0.3 is 5.97 Å². The Morgan fingerprint density at radius 3 is 2.56 bits per heavy atom. The molecule has 2 bridgehead atoms. The van der Waals surface area contributed by atoms with Gasteiger partial charge in [0.25, 0.3) is 0 Å². The first-order chi connectivity index (χ1) is 8.47. The number of carbonyl (C=O) groups excluding carboxylic acids is 1. The molecule has 2 fully saturated rings. The summed E-state index contributed by atoms with van der Waals surface area (Å²) in [4.78, 5) is 22.9. The summed E-state index contributed by atoms with van der Waals surface area (Å²) in [5.74, 6) is -1.49. The van der Waals surface area contributed by atoms with Gasteiger partial charge in [-0.15, -0.1) is 0 Å². The van der Waals surface area contributed by atoms with Gasteiger partial charge in [-0.2, -0.15) is 0 Å². The number of hydrogen-bond acceptors (Lipinski definition) is 3. The van der Waals surface area contributed by atoms with E-state index in [-0.39, 0.29) is 11.9 Å². The molecule has 5 heteroatoms. The molecule has 0 aromatic rings. The molecule has 2 rings (SSSR count). The van der Waals surface area contributed by atoms with Crippen molar-refractivity contribution in [3.05, 3.63) is 0 Å². The molecule has 1 aliphatic heterocycles. The third kappa shape index (κ3) is 2.83. The Hall–Kier alpha value is -1.10. The summed E-state index contributed by atoms with van der Waals surface area (Å²) in [6.07, 6.45) is 3.20. The molecule has 5 nitrogen and oxygen atoms in total. The fourth-order valence-electron chi connectivity index (χ4n) is 2.99. The Morgan fingerprint density at radius 2 is 1.94 bits per heavy atom. The van der Waals surface area contributed by atoms with Crippen molar-refractivity contribution >= 4 is 11.9 Å². The highest BCUT2D eigenvalue weighted by atomic mass is 16.4. The maximum absolute atomic E-state index is 12.0. The van der Waals surface area contributed by atoms with E-state index >= 15 is 0 Å². The number of aliphatic carboxylic acids is 1. The Morgan fingerprint density at radius 1 is 1.22 bits per heavy atom. The molecule has 1 aliphatic carbocycles. The lowest BCUT2D eigenvalue weighted by atomic mass is 9.86. The van der Waals surface area contributed by atoms with E-state index in [1.807, 2.05) is 0 Å². The first-order valence-corrected chi connectivity index (χ1v) is 6.74. The second kappa shape index (κ2) is 5.26. The summed E-state index contributed by atoms with van der Waals surface area (Å²) < 4.78 is 0. The van der Waals surface area contributed by atoms with Gasteiger partial charge in [-0.05, 0) is 31.7 Å². The zero-order valence-electron chi connectivity index (χ0n) is 11.0. The quantitative estimate of drug-likeness (QED) is 0.686. The van der Waals surface area contributed by atoms with Crippen molar-refractivity contribution in [1.29, 1.82) is 0 Å². The second-order valence-electron chi connectivity index (χ2n) is 5.80. The minimum absolute atomic E-state index is 0.129. The van der Waals surface area contributed by atoms with Crippen LogP contribution in [-0.4, -0.2) is 35.6 Å². The van der Waals surface area contributed by atoms with E-state index in [2.05, 4.69) is 10.6 Å². The topological polar surface area (TPSA) is 78.4 Å². The van der Waals surface area contributed by atoms with Gasteiger partial charge in [0.1, 0.15) is 0 Å². The van der Waals surface area contributed by atoms with Crippen molar-refractivity contribution in [2.24, 2.45) is 17.8 Å². The van der Waals surface area contributed by atoms with Crippen LogP contribution >= 0.6 is 0 Å².